The van der Waals surface area contributed by atoms with Gasteiger partial charge in [-0.1, -0.05) is 179 Å². The van der Waals surface area contributed by atoms with Gasteiger partial charge in [-0.05, 0) is 85.8 Å². The molecule has 0 fully saturated rings. The van der Waals surface area contributed by atoms with Crippen LogP contribution in [0.1, 0.15) is 178 Å². The van der Waals surface area contributed by atoms with Gasteiger partial charge in [-0.3, -0.25) is 0 Å². The summed E-state index contributed by atoms with van der Waals surface area (Å²) in [5, 5.41) is 0. The van der Waals surface area contributed by atoms with E-state index < -0.39 is 0 Å². The van der Waals surface area contributed by atoms with Crippen LogP contribution in [-0.4, -0.2) is 8.64 Å². The largest absolute Gasteiger partial charge is 2.00 e. The summed E-state index contributed by atoms with van der Waals surface area (Å²) >= 11 is 29.9. The van der Waals surface area contributed by atoms with E-state index in [0.717, 1.165) is 37.1 Å². The van der Waals surface area contributed by atoms with E-state index in [1.807, 2.05) is 0 Å². The van der Waals surface area contributed by atoms with Gasteiger partial charge in [0.1, 0.15) is 8.64 Å². The van der Waals surface area contributed by atoms with Crippen molar-refractivity contribution in [3.8, 4) is 0 Å². The first kappa shape index (κ1) is 51.2. The Morgan fingerprint density at radius 3 is 1.02 bits per heavy atom. The van der Waals surface area contributed by atoms with Crippen molar-refractivity contribution in [3.63, 3.8) is 0 Å². The smallest absolute Gasteiger partial charge is 0.659 e. The van der Waals surface area contributed by atoms with Crippen molar-refractivity contribution in [1.82, 2.24) is 0 Å². The average molecular weight is 859 g/mol. The number of thiol groups is 2. The molecular formula is C42H68N2S6Zn. The fourth-order valence-corrected chi connectivity index (χ4v) is 7.28. The number of aryl methyl sites for hydroxylation is 2. The first-order valence-corrected chi connectivity index (χ1v) is 22.3. The van der Waals surface area contributed by atoms with E-state index in [4.69, 9.17) is 50.1 Å². The van der Waals surface area contributed by atoms with Crippen LogP contribution >= 0.6 is 49.7 Å². The molecule has 9 heteroatoms. The molecule has 0 atom stereocenters. The third-order valence-electron chi connectivity index (χ3n) is 9.44. The molecule has 2 nitrogen and oxygen atoms in total. The molecule has 51 heavy (non-hydrogen) atoms. The van der Waals surface area contributed by atoms with E-state index in [0.29, 0.717) is 8.64 Å². The number of benzene rings is 2. The van der Waals surface area contributed by atoms with E-state index in [1.54, 1.807) is 8.61 Å². The third-order valence-corrected chi connectivity index (χ3v) is 11.5. The van der Waals surface area contributed by atoms with Gasteiger partial charge < -0.3 is 34.2 Å². The summed E-state index contributed by atoms with van der Waals surface area (Å²) in [6.07, 6.45) is 30.5. The summed E-state index contributed by atoms with van der Waals surface area (Å²) in [6, 6.07) is 13.0. The van der Waals surface area contributed by atoms with Gasteiger partial charge in [0, 0.05) is 11.4 Å². The average Bonchev–Trinajstić information content (AvgIpc) is 3.11. The quantitative estimate of drug-likeness (QED) is 0.0318. The molecular weight excluding hydrogens is 790 g/mol. The zero-order chi connectivity index (χ0) is 37.0. The molecule has 284 valence electrons. The molecule has 0 saturated carbocycles. The number of hydrogen-bond donors (Lipinski definition) is 2. The maximum atomic E-state index is 5.48. The van der Waals surface area contributed by atoms with Crippen LogP contribution in [0, 0.1) is 0 Å². The Hall–Kier alpha value is 0.243. The Bertz CT molecular complexity index is 1100. The maximum absolute atomic E-state index is 5.48. The fraction of sp³-hybridized carbons (Fsp3) is 0.667. The number of nitrogens with zero attached hydrogens (tertiary/aromatic N) is 2. The van der Waals surface area contributed by atoms with Crippen molar-refractivity contribution in [2.45, 2.75) is 182 Å². The van der Waals surface area contributed by atoms with Crippen LogP contribution in [0.15, 0.2) is 36.4 Å². The SMILES string of the molecule is CCCCCCCc1cccc(N([S-])C(=S)S)c1CCCCCCC.CCCCCCCc1cccc(N([S-])C(=S)S)c1CCCCCCC.[Zn+2]. The molecule has 0 aliphatic heterocycles. The Morgan fingerprint density at radius 1 is 0.471 bits per heavy atom. The van der Waals surface area contributed by atoms with Gasteiger partial charge in [-0.2, -0.15) is 0 Å². The molecule has 0 heterocycles. The van der Waals surface area contributed by atoms with Crippen molar-refractivity contribution in [3.05, 3.63) is 58.7 Å². The molecule has 0 saturated heterocycles. The molecule has 0 bridgehead atoms. The number of unbranched alkanes of at least 4 members (excludes halogenated alkanes) is 16. The molecule has 2 aromatic rings. The van der Waals surface area contributed by atoms with E-state index in [-0.39, 0.29) is 19.5 Å². The van der Waals surface area contributed by atoms with Crippen LogP contribution < -0.4 is 8.61 Å². The van der Waals surface area contributed by atoms with Crippen molar-refractivity contribution in [2.24, 2.45) is 0 Å². The second-order valence-electron chi connectivity index (χ2n) is 13.6. The van der Waals surface area contributed by atoms with Gasteiger partial charge in [0.15, 0.2) is 0 Å². The summed E-state index contributed by atoms with van der Waals surface area (Å²) in [7, 11) is 0. The molecule has 0 aromatic heterocycles. The summed E-state index contributed by atoms with van der Waals surface area (Å²) in [5.41, 5.74) is 7.81. The fourth-order valence-electron chi connectivity index (χ4n) is 6.52. The first-order chi connectivity index (χ1) is 24.2. The number of thiocarbonyl (C=S) groups is 2. The van der Waals surface area contributed by atoms with E-state index >= 15 is 0 Å². The van der Waals surface area contributed by atoms with Crippen molar-refractivity contribution < 1.29 is 19.5 Å². The molecule has 0 radical (unpaired) electrons. The van der Waals surface area contributed by atoms with Crippen molar-refractivity contribution in [1.29, 1.82) is 0 Å². The zero-order valence-electron chi connectivity index (χ0n) is 32.6. The van der Waals surface area contributed by atoms with Gasteiger partial charge >= 0.3 is 19.5 Å². The second-order valence-corrected chi connectivity index (χ2v) is 16.6. The molecule has 0 unspecified atom stereocenters. The molecule has 0 spiro atoms. The van der Waals surface area contributed by atoms with Gasteiger partial charge in [0.25, 0.3) is 0 Å². The standard InChI is InChI=1S/2C21H34NS3.Zn/c2*1-3-5-7-9-11-14-18-15-13-17-20(22(25)21(23)24)19(18)16-12-10-8-6-4-2;/h2*13,15,17H,3-12,14,16H2,1-2H3,(H,23,24);/q2*-1;+2. The zero-order valence-corrected chi connectivity index (χ0v) is 40.6. The molecule has 0 aliphatic carbocycles. The van der Waals surface area contributed by atoms with Crippen LogP contribution in [0.4, 0.5) is 11.4 Å². The molecule has 0 amide bonds. The minimum Gasteiger partial charge on any atom is -0.659 e. The third kappa shape index (κ3) is 22.4. The minimum atomic E-state index is 0. The van der Waals surface area contributed by atoms with Crippen LogP contribution in [0.2, 0.25) is 0 Å². The summed E-state index contributed by atoms with van der Waals surface area (Å²) in [5.74, 6) is 0. The molecule has 0 aliphatic rings. The Morgan fingerprint density at radius 2 is 0.745 bits per heavy atom. The topological polar surface area (TPSA) is 6.48 Å². The summed E-state index contributed by atoms with van der Waals surface area (Å²) in [4.78, 5) is 0. The molecule has 2 aromatic carbocycles. The van der Waals surface area contributed by atoms with Gasteiger partial charge in [-0.15, -0.1) is 25.3 Å². The molecule has 0 N–H and O–H groups in total. The normalized spacial score (nSPS) is 10.7. The molecule has 2 rings (SSSR count). The number of anilines is 2. The minimum absolute atomic E-state index is 0. The van der Waals surface area contributed by atoms with Crippen LogP contribution in [0.5, 0.6) is 0 Å². The van der Waals surface area contributed by atoms with Crippen LogP contribution in [-0.2, 0) is 70.8 Å². The predicted molar refractivity (Wildman–Crippen MR) is 246 cm³/mol. The second kappa shape index (κ2) is 33.6. The van der Waals surface area contributed by atoms with Crippen LogP contribution in [0.25, 0.3) is 0 Å². The maximum Gasteiger partial charge on any atom is 2.00 e. The number of hydrogen-bond acceptors (Lipinski definition) is 4. The van der Waals surface area contributed by atoms with Crippen molar-refractivity contribution in [2.75, 3.05) is 8.61 Å². The Balaban J connectivity index is 0.000000962. The van der Waals surface area contributed by atoms with E-state index in [9.17, 15) is 0 Å². The van der Waals surface area contributed by atoms with Gasteiger partial charge in [0.2, 0.25) is 0 Å². The first-order valence-electron chi connectivity index (χ1n) is 19.8. The van der Waals surface area contributed by atoms with E-state index in [1.165, 1.54) is 151 Å². The van der Waals surface area contributed by atoms with Gasteiger partial charge in [-0.25, -0.2) is 0 Å². The summed E-state index contributed by atoms with van der Waals surface area (Å²) < 4.78 is 4.20. The Labute approximate surface area is 360 Å². The number of rotatable bonds is 26. The van der Waals surface area contributed by atoms with Crippen molar-refractivity contribution >= 4 is 95.3 Å². The monoisotopic (exact) mass is 856 g/mol. The predicted octanol–water partition coefficient (Wildman–Crippen LogP) is 14.4. The Kier molecular flexibility index (Phi) is 33.7. The van der Waals surface area contributed by atoms with E-state index in [2.05, 4.69) is 89.4 Å². The van der Waals surface area contributed by atoms with Crippen LogP contribution in [0.3, 0.4) is 0 Å². The summed E-state index contributed by atoms with van der Waals surface area (Å²) in [6.45, 7) is 9.04. The van der Waals surface area contributed by atoms with Gasteiger partial charge in [0.05, 0.1) is 0 Å².